The summed E-state index contributed by atoms with van der Waals surface area (Å²) in [7, 11) is 0. The molecule has 5 nitrogen and oxygen atoms in total. The number of hydrogen-bond donors (Lipinski definition) is 1. The van der Waals surface area contributed by atoms with Crippen LogP contribution < -0.4 is 15.0 Å². The van der Waals surface area contributed by atoms with Gasteiger partial charge in [0.05, 0.1) is 0 Å². The van der Waals surface area contributed by atoms with Gasteiger partial charge in [-0.3, -0.25) is 4.79 Å². The summed E-state index contributed by atoms with van der Waals surface area (Å²) < 4.78 is 5.88. The molecule has 5 heteroatoms. The first-order chi connectivity index (χ1) is 14.0. The minimum Gasteiger partial charge on any atom is -0.481 e. The fourth-order valence-electron chi connectivity index (χ4n) is 4.04. The van der Waals surface area contributed by atoms with E-state index in [0.29, 0.717) is 5.75 Å². The number of rotatable bonds is 5. The molecule has 1 aliphatic heterocycles. The maximum Gasteiger partial charge on any atom is 0.262 e. The third-order valence-corrected chi connectivity index (χ3v) is 5.40. The van der Waals surface area contributed by atoms with Gasteiger partial charge < -0.3 is 15.0 Å². The molecule has 3 aromatic rings. The monoisotopic (exact) mass is 389 g/mol. The molecule has 1 saturated heterocycles. The van der Waals surface area contributed by atoms with Gasteiger partial charge in [0.2, 0.25) is 0 Å². The lowest BCUT2D eigenvalue weighted by molar-refractivity contribution is -0.118. The Balaban J connectivity index is 1.50. The Bertz CT molecular complexity index is 1030. The molecule has 0 radical (unpaired) electrons. The third-order valence-electron chi connectivity index (χ3n) is 5.40. The SMILES string of the molecule is Cc1cc(C)c(NC(=O)COc2cccc3ccc(N4CCCC4)nc23)c(C)c1. The highest BCUT2D eigenvalue weighted by Gasteiger charge is 2.15. The number of amides is 1. The predicted molar refractivity (Wildman–Crippen MR) is 118 cm³/mol. The van der Waals surface area contributed by atoms with E-state index in [0.717, 1.165) is 46.6 Å². The second-order valence-corrected chi connectivity index (χ2v) is 7.80. The number of aryl methyl sites for hydroxylation is 3. The lowest BCUT2D eigenvalue weighted by atomic mass is 10.1. The number of pyridine rings is 1. The first kappa shape index (κ1) is 19.2. The van der Waals surface area contributed by atoms with Gasteiger partial charge in [0.15, 0.2) is 6.61 Å². The van der Waals surface area contributed by atoms with Crippen molar-refractivity contribution in [2.45, 2.75) is 33.6 Å². The highest BCUT2D eigenvalue weighted by molar-refractivity contribution is 5.94. The van der Waals surface area contributed by atoms with E-state index in [2.05, 4.69) is 41.4 Å². The number of carbonyl (C=O) groups is 1. The maximum atomic E-state index is 12.5. The smallest absolute Gasteiger partial charge is 0.262 e. The average Bonchev–Trinajstić information content (AvgIpc) is 3.23. The highest BCUT2D eigenvalue weighted by Crippen LogP contribution is 2.28. The minimum absolute atomic E-state index is 0.0541. The average molecular weight is 389 g/mol. The molecule has 1 aliphatic rings. The number of carbonyl (C=O) groups excluding carboxylic acids is 1. The molecule has 1 fully saturated rings. The molecule has 29 heavy (non-hydrogen) atoms. The summed E-state index contributed by atoms with van der Waals surface area (Å²) in [5.41, 5.74) is 4.95. The van der Waals surface area contributed by atoms with E-state index in [1.54, 1.807) is 0 Å². The van der Waals surface area contributed by atoms with Gasteiger partial charge in [-0.15, -0.1) is 0 Å². The van der Waals surface area contributed by atoms with Gasteiger partial charge in [-0.05, 0) is 62.9 Å². The van der Waals surface area contributed by atoms with Crippen LogP contribution in [0.3, 0.4) is 0 Å². The van der Waals surface area contributed by atoms with E-state index in [1.807, 2.05) is 32.0 Å². The second kappa shape index (κ2) is 8.11. The minimum atomic E-state index is -0.173. The van der Waals surface area contributed by atoms with Crippen molar-refractivity contribution < 1.29 is 9.53 Å². The zero-order chi connectivity index (χ0) is 20.4. The van der Waals surface area contributed by atoms with E-state index >= 15 is 0 Å². The van der Waals surface area contributed by atoms with Crippen molar-refractivity contribution in [3.63, 3.8) is 0 Å². The van der Waals surface area contributed by atoms with Gasteiger partial charge in [-0.25, -0.2) is 4.98 Å². The molecule has 4 rings (SSSR count). The standard InChI is InChI=1S/C24H27N3O2/c1-16-13-17(2)23(18(3)14-16)26-22(28)15-29-20-8-6-7-19-9-10-21(25-24(19)20)27-11-4-5-12-27/h6-10,13-14H,4-5,11-12,15H2,1-3H3,(H,26,28). The number of nitrogens with zero attached hydrogens (tertiary/aromatic N) is 2. The number of ether oxygens (including phenoxy) is 1. The van der Waals surface area contributed by atoms with E-state index in [4.69, 9.17) is 9.72 Å². The van der Waals surface area contributed by atoms with Crippen molar-refractivity contribution in [3.05, 3.63) is 59.2 Å². The van der Waals surface area contributed by atoms with Crippen LogP contribution in [0.5, 0.6) is 5.75 Å². The summed E-state index contributed by atoms with van der Waals surface area (Å²) in [5, 5.41) is 4.00. The molecule has 0 atom stereocenters. The van der Waals surface area contributed by atoms with Crippen LogP contribution in [0.2, 0.25) is 0 Å². The van der Waals surface area contributed by atoms with Crippen LogP contribution in [0.25, 0.3) is 10.9 Å². The zero-order valence-electron chi connectivity index (χ0n) is 17.3. The second-order valence-electron chi connectivity index (χ2n) is 7.80. The fourth-order valence-corrected chi connectivity index (χ4v) is 4.04. The molecule has 2 aromatic carbocycles. The summed E-state index contributed by atoms with van der Waals surface area (Å²) in [6.45, 7) is 8.09. The lowest BCUT2D eigenvalue weighted by Gasteiger charge is -2.17. The molecule has 1 N–H and O–H groups in total. The predicted octanol–water partition coefficient (Wildman–Crippen LogP) is 4.78. The quantitative estimate of drug-likeness (QED) is 0.682. The number of hydrogen-bond acceptors (Lipinski definition) is 4. The summed E-state index contributed by atoms with van der Waals surface area (Å²) >= 11 is 0. The molecule has 0 saturated carbocycles. The third kappa shape index (κ3) is 4.19. The van der Waals surface area contributed by atoms with Crippen molar-refractivity contribution in [1.29, 1.82) is 0 Å². The van der Waals surface area contributed by atoms with E-state index in [9.17, 15) is 4.79 Å². The highest BCUT2D eigenvalue weighted by atomic mass is 16.5. The number of aromatic nitrogens is 1. The molecule has 0 aliphatic carbocycles. The Morgan fingerprint density at radius 3 is 2.52 bits per heavy atom. The van der Waals surface area contributed by atoms with Crippen molar-refractivity contribution in [2.75, 3.05) is 29.9 Å². The van der Waals surface area contributed by atoms with Crippen LogP contribution in [0, 0.1) is 20.8 Å². The molecule has 0 unspecified atom stereocenters. The van der Waals surface area contributed by atoms with Crippen LogP contribution in [0.15, 0.2) is 42.5 Å². The lowest BCUT2D eigenvalue weighted by Crippen LogP contribution is -2.21. The van der Waals surface area contributed by atoms with Gasteiger partial charge in [0.25, 0.3) is 5.91 Å². The Labute approximate surface area is 171 Å². The molecular formula is C24H27N3O2. The van der Waals surface area contributed by atoms with Crippen LogP contribution in [-0.4, -0.2) is 30.6 Å². The van der Waals surface area contributed by atoms with E-state index in [-0.39, 0.29) is 12.5 Å². The van der Waals surface area contributed by atoms with Gasteiger partial charge in [-0.1, -0.05) is 29.8 Å². The van der Waals surface area contributed by atoms with E-state index < -0.39 is 0 Å². The number of fused-ring (bicyclic) bond motifs is 1. The molecule has 2 heterocycles. The topological polar surface area (TPSA) is 54.5 Å². The number of para-hydroxylation sites is 1. The van der Waals surface area contributed by atoms with Crippen LogP contribution in [-0.2, 0) is 4.79 Å². The summed E-state index contributed by atoms with van der Waals surface area (Å²) in [6, 6.07) is 14.1. The number of benzene rings is 2. The van der Waals surface area contributed by atoms with Crippen molar-refractivity contribution in [3.8, 4) is 5.75 Å². The van der Waals surface area contributed by atoms with Crippen LogP contribution >= 0.6 is 0 Å². The summed E-state index contributed by atoms with van der Waals surface area (Å²) in [5.74, 6) is 1.44. The fraction of sp³-hybridized carbons (Fsp3) is 0.333. The first-order valence-corrected chi connectivity index (χ1v) is 10.2. The normalized spacial score (nSPS) is 13.7. The largest absolute Gasteiger partial charge is 0.481 e. The number of anilines is 2. The zero-order valence-corrected chi connectivity index (χ0v) is 17.3. The van der Waals surface area contributed by atoms with Crippen LogP contribution in [0.1, 0.15) is 29.5 Å². The number of nitrogens with one attached hydrogen (secondary N) is 1. The molecule has 0 bridgehead atoms. The summed E-state index contributed by atoms with van der Waals surface area (Å²) in [4.78, 5) is 19.6. The molecule has 0 spiro atoms. The van der Waals surface area contributed by atoms with Crippen molar-refractivity contribution in [2.24, 2.45) is 0 Å². The van der Waals surface area contributed by atoms with E-state index in [1.165, 1.54) is 18.4 Å². The van der Waals surface area contributed by atoms with Gasteiger partial charge in [-0.2, -0.15) is 0 Å². The van der Waals surface area contributed by atoms with Gasteiger partial charge in [0, 0.05) is 24.2 Å². The maximum absolute atomic E-state index is 12.5. The molecule has 1 amide bonds. The molecule has 150 valence electrons. The molecule has 1 aromatic heterocycles. The Morgan fingerprint density at radius 2 is 1.79 bits per heavy atom. The summed E-state index contributed by atoms with van der Waals surface area (Å²) in [6.07, 6.45) is 2.41. The Kier molecular flexibility index (Phi) is 5.38. The van der Waals surface area contributed by atoms with Gasteiger partial charge in [0.1, 0.15) is 17.1 Å². The van der Waals surface area contributed by atoms with Crippen LogP contribution in [0.4, 0.5) is 11.5 Å². The molecular weight excluding hydrogens is 362 g/mol. The Hall–Kier alpha value is -3.08. The Morgan fingerprint density at radius 1 is 1.07 bits per heavy atom. The van der Waals surface area contributed by atoms with Crippen molar-refractivity contribution >= 4 is 28.3 Å². The van der Waals surface area contributed by atoms with Gasteiger partial charge >= 0.3 is 0 Å². The van der Waals surface area contributed by atoms with Crippen molar-refractivity contribution in [1.82, 2.24) is 4.98 Å². The first-order valence-electron chi connectivity index (χ1n) is 10.2.